The second-order valence-corrected chi connectivity index (χ2v) is 8.56. The quantitative estimate of drug-likeness (QED) is 0.313. The number of carboxylic acid groups (broad SMARTS) is 1. The number of aliphatic carboxylic acids is 1. The molecule has 0 spiro atoms. The zero-order valence-corrected chi connectivity index (χ0v) is 17.0. The Hall–Kier alpha value is -1.19. The van der Waals surface area contributed by atoms with E-state index in [0.717, 1.165) is 77.0 Å². The molecule has 0 bridgehead atoms. The van der Waals surface area contributed by atoms with Crippen molar-refractivity contribution in [1.82, 2.24) is 0 Å². The summed E-state index contributed by atoms with van der Waals surface area (Å²) in [5, 5.41) is 9.27. The fourth-order valence-corrected chi connectivity index (χ4v) is 5.34. The van der Waals surface area contributed by atoms with E-state index >= 15 is 4.39 Å². The molecule has 2 atom stereocenters. The summed E-state index contributed by atoms with van der Waals surface area (Å²) in [5.41, 5.74) is -1.25. The van der Waals surface area contributed by atoms with E-state index in [9.17, 15) is 14.3 Å². The predicted octanol–water partition coefficient (Wildman–Crippen LogP) is 7.51. The van der Waals surface area contributed by atoms with E-state index in [2.05, 4.69) is 13.8 Å². The Morgan fingerprint density at radius 1 is 1.04 bits per heavy atom. The summed E-state index contributed by atoms with van der Waals surface area (Å²) in [4.78, 5) is 11.4. The fraction of sp³-hybridized carbons (Fsp3) is 0.783. The molecule has 1 saturated carbocycles. The second kappa shape index (κ2) is 9.84. The summed E-state index contributed by atoms with van der Waals surface area (Å²) in [5.74, 6) is -4.64. The molecule has 0 aromatic heterocycles. The van der Waals surface area contributed by atoms with Gasteiger partial charge in [-0.2, -0.15) is 0 Å². The van der Waals surface area contributed by atoms with E-state index in [1.165, 1.54) is 6.08 Å². The molecule has 0 unspecified atom stereocenters. The largest absolute Gasteiger partial charge is 0.480 e. The van der Waals surface area contributed by atoms with Crippen molar-refractivity contribution in [3.8, 4) is 0 Å². The first-order chi connectivity index (χ1) is 12.9. The Balaban J connectivity index is 2.47. The third-order valence-corrected chi connectivity index (χ3v) is 6.90. The van der Waals surface area contributed by atoms with E-state index in [4.69, 9.17) is 0 Å². The van der Waals surface area contributed by atoms with Crippen LogP contribution in [0.2, 0.25) is 0 Å². The highest BCUT2D eigenvalue weighted by atomic mass is 19.2. The average molecular weight is 383 g/mol. The molecular weight excluding hydrogens is 346 g/mol. The number of hydrogen-bond acceptors (Lipinski definition) is 1. The van der Waals surface area contributed by atoms with E-state index in [1.54, 1.807) is 6.08 Å². The van der Waals surface area contributed by atoms with Crippen LogP contribution in [-0.2, 0) is 4.79 Å². The Bertz CT molecular complexity index is 561. The summed E-state index contributed by atoms with van der Waals surface area (Å²) in [6, 6.07) is 0. The molecule has 0 saturated heterocycles. The smallest absolute Gasteiger partial charge is 0.317 e. The minimum Gasteiger partial charge on any atom is -0.480 e. The number of allylic oxidation sites excluding steroid dienone is 2. The van der Waals surface area contributed by atoms with Gasteiger partial charge in [-0.25, -0.2) is 8.78 Å². The highest BCUT2D eigenvalue weighted by molar-refractivity contribution is 5.76. The van der Waals surface area contributed by atoms with Crippen LogP contribution in [0.5, 0.6) is 0 Å². The number of halogens is 2. The maximum Gasteiger partial charge on any atom is 0.317 e. The first-order valence-corrected chi connectivity index (χ1v) is 10.9. The van der Waals surface area contributed by atoms with E-state index in [-0.39, 0.29) is 5.41 Å². The summed E-state index contributed by atoms with van der Waals surface area (Å²) >= 11 is 0. The topological polar surface area (TPSA) is 37.3 Å². The van der Waals surface area contributed by atoms with Crippen LogP contribution >= 0.6 is 0 Å². The van der Waals surface area contributed by atoms with Gasteiger partial charge in [-0.3, -0.25) is 4.79 Å². The summed E-state index contributed by atoms with van der Waals surface area (Å²) in [6.07, 6.45) is 15.8. The molecule has 27 heavy (non-hydrogen) atoms. The molecule has 2 aliphatic rings. The minimum atomic E-state index is -1.47. The molecular formula is C23H36F2O2. The van der Waals surface area contributed by atoms with Crippen LogP contribution in [0.25, 0.3) is 0 Å². The summed E-state index contributed by atoms with van der Waals surface area (Å²) in [7, 11) is 0. The molecule has 2 rings (SSSR count). The molecule has 2 aliphatic carbocycles. The lowest BCUT2D eigenvalue weighted by atomic mass is 9.51. The van der Waals surface area contributed by atoms with E-state index in [1.807, 2.05) is 0 Å². The van der Waals surface area contributed by atoms with Crippen molar-refractivity contribution < 1.29 is 18.7 Å². The molecule has 0 aromatic carbocycles. The van der Waals surface area contributed by atoms with Crippen LogP contribution in [0.4, 0.5) is 8.78 Å². The van der Waals surface area contributed by atoms with Crippen LogP contribution < -0.4 is 0 Å². The lowest BCUT2D eigenvalue weighted by Gasteiger charge is -2.52. The standard InChI is InChI=1S/C23H36F2O2/c1-3-5-8-13-22(14-10-7-11-15-22)23(16-9-6-4-2)17-12-18(21(26)27)19(24)20(23)25/h12,17-18H,3-11,13-16H2,1-2H3,(H,26,27)/t18-,23-/m1/s1. The Kier molecular flexibility index (Phi) is 8.05. The monoisotopic (exact) mass is 382 g/mol. The Labute approximate surface area is 163 Å². The van der Waals surface area contributed by atoms with Crippen molar-refractivity contribution in [2.75, 3.05) is 0 Å². The number of unbranched alkanes of at least 4 members (excludes halogenated alkanes) is 4. The number of carboxylic acids is 1. The number of rotatable bonds is 10. The molecule has 0 amide bonds. The highest BCUT2D eigenvalue weighted by Gasteiger charge is 2.55. The van der Waals surface area contributed by atoms with E-state index < -0.39 is 29.0 Å². The molecule has 0 aliphatic heterocycles. The van der Waals surface area contributed by atoms with Crippen molar-refractivity contribution in [2.24, 2.45) is 16.7 Å². The lowest BCUT2D eigenvalue weighted by Crippen LogP contribution is -2.45. The minimum absolute atomic E-state index is 0.282. The van der Waals surface area contributed by atoms with Crippen LogP contribution in [-0.4, -0.2) is 11.1 Å². The van der Waals surface area contributed by atoms with Crippen molar-refractivity contribution in [3.05, 3.63) is 23.8 Å². The number of hydrogen-bond donors (Lipinski definition) is 1. The summed E-state index contributed by atoms with van der Waals surface area (Å²) < 4.78 is 30.5. The Morgan fingerprint density at radius 2 is 1.63 bits per heavy atom. The maximum absolute atomic E-state index is 15.7. The normalized spacial score (nSPS) is 27.8. The SMILES string of the molecule is CCCCCC1([C@]2(CCCCC)C=C[C@@H](C(=O)O)C(F)=C2F)CCCCC1. The molecule has 4 heteroatoms. The van der Waals surface area contributed by atoms with Crippen LogP contribution in [0.3, 0.4) is 0 Å². The third kappa shape index (κ3) is 4.46. The molecule has 1 fully saturated rings. The van der Waals surface area contributed by atoms with Gasteiger partial charge >= 0.3 is 5.97 Å². The third-order valence-electron chi connectivity index (χ3n) is 6.90. The maximum atomic E-state index is 15.7. The highest BCUT2D eigenvalue weighted by Crippen LogP contribution is 2.62. The van der Waals surface area contributed by atoms with Crippen molar-refractivity contribution >= 4 is 5.97 Å². The second-order valence-electron chi connectivity index (χ2n) is 8.56. The first-order valence-electron chi connectivity index (χ1n) is 10.9. The molecule has 0 radical (unpaired) electrons. The zero-order valence-electron chi connectivity index (χ0n) is 17.0. The molecule has 154 valence electrons. The van der Waals surface area contributed by atoms with Crippen molar-refractivity contribution in [3.63, 3.8) is 0 Å². The fourth-order valence-electron chi connectivity index (χ4n) is 5.34. The Morgan fingerprint density at radius 3 is 2.19 bits per heavy atom. The average Bonchev–Trinajstić information content (AvgIpc) is 2.66. The predicted molar refractivity (Wildman–Crippen MR) is 106 cm³/mol. The van der Waals surface area contributed by atoms with Gasteiger partial charge in [0.2, 0.25) is 0 Å². The van der Waals surface area contributed by atoms with Gasteiger partial charge in [-0.1, -0.05) is 83.8 Å². The molecule has 2 nitrogen and oxygen atoms in total. The van der Waals surface area contributed by atoms with Crippen LogP contribution in [0.15, 0.2) is 23.8 Å². The van der Waals surface area contributed by atoms with E-state index in [0.29, 0.717) is 6.42 Å². The number of carbonyl (C=O) groups is 1. The molecule has 0 heterocycles. The van der Waals surface area contributed by atoms with Gasteiger partial charge in [-0.15, -0.1) is 0 Å². The van der Waals surface area contributed by atoms with Gasteiger partial charge in [0.25, 0.3) is 0 Å². The first kappa shape index (κ1) is 22.1. The van der Waals surface area contributed by atoms with Crippen molar-refractivity contribution in [2.45, 2.75) is 97.3 Å². The van der Waals surface area contributed by atoms with Crippen LogP contribution in [0, 0.1) is 16.7 Å². The summed E-state index contributed by atoms with van der Waals surface area (Å²) in [6.45, 7) is 4.26. The lowest BCUT2D eigenvalue weighted by molar-refractivity contribution is -0.139. The zero-order chi connectivity index (χ0) is 19.9. The van der Waals surface area contributed by atoms with Gasteiger partial charge in [-0.05, 0) is 31.1 Å². The van der Waals surface area contributed by atoms with Gasteiger partial charge < -0.3 is 5.11 Å². The van der Waals surface area contributed by atoms with Crippen molar-refractivity contribution in [1.29, 1.82) is 0 Å². The van der Waals surface area contributed by atoms with Gasteiger partial charge in [0.1, 0.15) is 11.7 Å². The molecule has 0 aromatic rings. The van der Waals surface area contributed by atoms with Gasteiger partial charge in [0, 0.05) is 5.41 Å². The van der Waals surface area contributed by atoms with Gasteiger partial charge in [0.05, 0.1) is 0 Å². The molecule has 1 N–H and O–H groups in total. The van der Waals surface area contributed by atoms with Gasteiger partial charge in [0.15, 0.2) is 5.83 Å². The van der Waals surface area contributed by atoms with Crippen LogP contribution in [0.1, 0.15) is 97.3 Å².